The molecule has 1 fully saturated rings. The van der Waals surface area contributed by atoms with Crippen molar-refractivity contribution in [3.05, 3.63) is 65.6 Å². The predicted octanol–water partition coefficient (Wildman–Crippen LogP) is 3.64. The van der Waals surface area contributed by atoms with Crippen LogP contribution in [-0.2, 0) is 4.79 Å². The van der Waals surface area contributed by atoms with E-state index in [1.807, 2.05) is 24.3 Å². The Hall–Kier alpha value is -3.48. The molecular weight excluding hydrogens is 383 g/mol. The average Bonchev–Trinajstić information content (AvgIpc) is 2.73. The van der Waals surface area contributed by atoms with Gasteiger partial charge >= 0.3 is 0 Å². The van der Waals surface area contributed by atoms with Gasteiger partial charge in [-0.2, -0.15) is 0 Å². The van der Waals surface area contributed by atoms with Crippen LogP contribution in [0.25, 0.3) is 10.9 Å². The zero-order chi connectivity index (χ0) is 21.3. The van der Waals surface area contributed by atoms with Gasteiger partial charge < -0.3 is 16.0 Å². The number of nitrogens with one attached hydrogen (secondary N) is 1. The van der Waals surface area contributed by atoms with Crippen LogP contribution in [0.3, 0.4) is 0 Å². The van der Waals surface area contributed by atoms with Crippen LogP contribution in [0.1, 0.15) is 28.9 Å². The standard InChI is InChI=1S/C23H23FN4O2/c1-14-12-18(17-7-6-16(24)13-20(17)26-14)23(30)27-19-4-2-3-5-21(19)28-10-8-15(9-11-28)22(25)29/h2-7,12-13,15H,8-11H2,1H3,(H2,25,29)(H,27,30). The van der Waals surface area contributed by atoms with Crippen LogP contribution in [0.4, 0.5) is 15.8 Å². The van der Waals surface area contributed by atoms with Crippen LogP contribution in [0.2, 0.25) is 0 Å². The monoisotopic (exact) mass is 406 g/mol. The van der Waals surface area contributed by atoms with Gasteiger partial charge in [0.2, 0.25) is 5.91 Å². The van der Waals surface area contributed by atoms with Crippen LogP contribution in [-0.4, -0.2) is 29.9 Å². The minimum Gasteiger partial charge on any atom is -0.370 e. The number of aromatic nitrogens is 1. The second-order valence-electron chi connectivity index (χ2n) is 7.61. The Morgan fingerprint density at radius 2 is 1.87 bits per heavy atom. The summed E-state index contributed by atoms with van der Waals surface area (Å²) in [5.41, 5.74) is 8.55. The summed E-state index contributed by atoms with van der Waals surface area (Å²) < 4.78 is 13.6. The van der Waals surface area contributed by atoms with E-state index in [9.17, 15) is 14.0 Å². The Balaban J connectivity index is 1.61. The van der Waals surface area contributed by atoms with Crippen molar-refractivity contribution in [2.45, 2.75) is 19.8 Å². The van der Waals surface area contributed by atoms with Gasteiger partial charge in [-0.15, -0.1) is 0 Å². The lowest BCUT2D eigenvalue weighted by Gasteiger charge is -2.33. The summed E-state index contributed by atoms with van der Waals surface area (Å²) in [4.78, 5) is 31.1. The number of benzene rings is 2. The van der Waals surface area contributed by atoms with Gasteiger partial charge in [0.1, 0.15) is 5.82 Å². The van der Waals surface area contributed by atoms with Crippen molar-refractivity contribution < 1.29 is 14.0 Å². The molecule has 4 rings (SSSR count). The number of pyridine rings is 1. The Labute approximate surface area is 173 Å². The molecule has 0 spiro atoms. The number of rotatable bonds is 4. The van der Waals surface area contributed by atoms with Crippen molar-refractivity contribution in [3.63, 3.8) is 0 Å². The summed E-state index contributed by atoms with van der Waals surface area (Å²) in [6.07, 6.45) is 1.38. The molecule has 2 heterocycles. The minimum atomic E-state index is -0.392. The first-order valence-corrected chi connectivity index (χ1v) is 9.94. The highest BCUT2D eigenvalue weighted by Crippen LogP contribution is 2.30. The van der Waals surface area contributed by atoms with Gasteiger partial charge in [-0.1, -0.05) is 12.1 Å². The molecule has 1 saturated heterocycles. The normalized spacial score (nSPS) is 14.7. The van der Waals surface area contributed by atoms with Crippen LogP contribution >= 0.6 is 0 Å². The minimum absolute atomic E-state index is 0.102. The molecular formula is C23H23FN4O2. The third-order valence-corrected chi connectivity index (χ3v) is 5.53. The van der Waals surface area contributed by atoms with Crippen molar-refractivity contribution >= 4 is 34.1 Å². The Morgan fingerprint density at radius 3 is 2.60 bits per heavy atom. The first-order chi connectivity index (χ1) is 14.4. The number of nitrogens with zero attached hydrogens (tertiary/aromatic N) is 2. The molecule has 6 nitrogen and oxygen atoms in total. The fourth-order valence-corrected chi connectivity index (χ4v) is 3.97. The fraction of sp³-hybridized carbons (Fsp3) is 0.261. The average molecular weight is 406 g/mol. The Bertz CT molecular complexity index is 1120. The van der Waals surface area contributed by atoms with E-state index in [1.54, 1.807) is 19.1 Å². The number of anilines is 2. The first kappa shape index (κ1) is 19.8. The zero-order valence-electron chi connectivity index (χ0n) is 16.7. The van der Waals surface area contributed by atoms with E-state index in [0.29, 0.717) is 53.8 Å². The molecule has 154 valence electrons. The summed E-state index contributed by atoms with van der Waals surface area (Å²) >= 11 is 0. The van der Waals surface area contributed by atoms with Crippen molar-refractivity contribution in [1.29, 1.82) is 0 Å². The molecule has 0 radical (unpaired) electrons. The van der Waals surface area contributed by atoms with Gasteiger partial charge in [0.15, 0.2) is 0 Å². The summed E-state index contributed by atoms with van der Waals surface area (Å²) in [6.45, 7) is 3.16. The zero-order valence-corrected chi connectivity index (χ0v) is 16.7. The lowest BCUT2D eigenvalue weighted by Crippen LogP contribution is -2.38. The van der Waals surface area contributed by atoms with Crippen molar-refractivity contribution in [2.75, 3.05) is 23.3 Å². The number of primary amides is 1. The maximum Gasteiger partial charge on any atom is 0.256 e. The van der Waals surface area contributed by atoms with Crippen molar-refractivity contribution in [1.82, 2.24) is 4.98 Å². The smallest absolute Gasteiger partial charge is 0.256 e. The van der Waals surface area contributed by atoms with Gasteiger partial charge in [-0.25, -0.2) is 4.39 Å². The number of carbonyl (C=O) groups is 2. The number of piperidine rings is 1. The molecule has 2 amide bonds. The largest absolute Gasteiger partial charge is 0.370 e. The van der Waals surface area contributed by atoms with Gasteiger partial charge in [0, 0.05) is 36.2 Å². The summed E-state index contributed by atoms with van der Waals surface area (Å²) in [5, 5.41) is 3.59. The lowest BCUT2D eigenvalue weighted by atomic mass is 9.96. The highest BCUT2D eigenvalue weighted by molar-refractivity contribution is 6.13. The number of para-hydroxylation sites is 2. The Morgan fingerprint density at radius 1 is 1.13 bits per heavy atom. The molecule has 3 N–H and O–H groups in total. The molecule has 30 heavy (non-hydrogen) atoms. The van der Waals surface area contributed by atoms with Crippen molar-refractivity contribution in [2.24, 2.45) is 11.7 Å². The van der Waals surface area contributed by atoms with Crippen LogP contribution in [0.15, 0.2) is 48.5 Å². The van der Waals surface area contributed by atoms with Gasteiger partial charge in [0.25, 0.3) is 5.91 Å². The molecule has 0 bridgehead atoms. The fourth-order valence-electron chi connectivity index (χ4n) is 3.97. The number of hydrogen-bond acceptors (Lipinski definition) is 4. The van der Waals surface area contributed by atoms with Crippen LogP contribution in [0.5, 0.6) is 0 Å². The number of amides is 2. The molecule has 1 aliphatic heterocycles. The third kappa shape index (κ3) is 3.96. The molecule has 1 aromatic heterocycles. The maximum absolute atomic E-state index is 13.6. The van der Waals surface area contributed by atoms with Crippen LogP contribution in [0, 0.1) is 18.7 Å². The second kappa shape index (κ2) is 8.10. The number of nitrogens with two attached hydrogens (primary N) is 1. The lowest BCUT2D eigenvalue weighted by molar-refractivity contribution is -0.122. The number of hydrogen-bond donors (Lipinski definition) is 2. The van der Waals surface area contributed by atoms with E-state index in [1.165, 1.54) is 12.1 Å². The summed E-state index contributed by atoms with van der Waals surface area (Å²) in [5.74, 6) is -1.03. The predicted molar refractivity (Wildman–Crippen MR) is 115 cm³/mol. The highest BCUT2D eigenvalue weighted by atomic mass is 19.1. The molecule has 0 saturated carbocycles. The first-order valence-electron chi connectivity index (χ1n) is 9.94. The molecule has 0 aliphatic carbocycles. The quantitative estimate of drug-likeness (QED) is 0.692. The topological polar surface area (TPSA) is 88.3 Å². The van der Waals surface area contributed by atoms with E-state index in [0.717, 1.165) is 5.69 Å². The Kier molecular flexibility index (Phi) is 5.35. The van der Waals surface area contributed by atoms with Gasteiger partial charge in [-0.05, 0) is 50.1 Å². The molecule has 0 atom stereocenters. The SMILES string of the molecule is Cc1cc(C(=O)Nc2ccccc2N2CCC(C(N)=O)CC2)c2ccc(F)cc2n1. The van der Waals surface area contributed by atoms with Gasteiger partial charge in [-0.3, -0.25) is 14.6 Å². The van der Waals surface area contributed by atoms with E-state index < -0.39 is 5.82 Å². The van der Waals surface area contributed by atoms with E-state index in [-0.39, 0.29) is 17.7 Å². The van der Waals surface area contributed by atoms with Crippen molar-refractivity contribution in [3.8, 4) is 0 Å². The number of fused-ring (bicyclic) bond motifs is 1. The molecule has 1 aliphatic rings. The number of halogens is 1. The maximum atomic E-state index is 13.6. The van der Waals surface area contributed by atoms with E-state index in [2.05, 4.69) is 15.2 Å². The van der Waals surface area contributed by atoms with Crippen LogP contribution < -0.4 is 16.0 Å². The van der Waals surface area contributed by atoms with E-state index >= 15 is 0 Å². The number of carbonyl (C=O) groups excluding carboxylic acids is 2. The second-order valence-corrected chi connectivity index (χ2v) is 7.61. The number of aryl methyl sites for hydroxylation is 1. The van der Waals surface area contributed by atoms with Gasteiger partial charge in [0.05, 0.1) is 22.5 Å². The highest BCUT2D eigenvalue weighted by Gasteiger charge is 2.25. The third-order valence-electron chi connectivity index (χ3n) is 5.53. The van der Waals surface area contributed by atoms with E-state index in [4.69, 9.17) is 5.73 Å². The molecule has 7 heteroatoms. The molecule has 0 unspecified atom stereocenters. The molecule has 2 aromatic carbocycles. The summed E-state index contributed by atoms with van der Waals surface area (Å²) in [6, 6.07) is 13.5. The molecule has 3 aromatic rings. The summed E-state index contributed by atoms with van der Waals surface area (Å²) in [7, 11) is 0.